The lowest BCUT2D eigenvalue weighted by Crippen LogP contribution is -2.27. The van der Waals surface area contributed by atoms with Gasteiger partial charge < -0.3 is 10.1 Å². The lowest BCUT2D eigenvalue weighted by atomic mass is 10.1. The number of nitro benzene ring substituents is 1. The van der Waals surface area contributed by atoms with Crippen molar-refractivity contribution < 1.29 is 9.66 Å². The molecule has 0 aliphatic rings. The number of hydrogen-bond acceptors (Lipinski definition) is 6. The molecule has 9 heteroatoms. The summed E-state index contributed by atoms with van der Waals surface area (Å²) >= 11 is 0. The van der Waals surface area contributed by atoms with Gasteiger partial charge in [-0.25, -0.2) is 0 Å². The minimum Gasteiger partial charge on any atom is -0.493 e. The lowest BCUT2D eigenvalue weighted by molar-refractivity contribution is -0.384. The smallest absolute Gasteiger partial charge is 0.273 e. The summed E-state index contributed by atoms with van der Waals surface area (Å²) in [5.41, 5.74) is 0.833. The average molecular weight is 439 g/mol. The highest BCUT2D eigenvalue weighted by Crippen LogP contribution is 2.19. The Balaban J connectivity index is 1.47. The number of guanidine groups is 1. The number of unbranched alkanes of at least 4 members (excludes halogenated alkanes) is 7. The van der Waals surface area contributed by atoms with Gasteiger partial charge in [-0.3, -0.25) is 25.4 Å². The monoisotopic (exact) mass is 438 g/mol. The van der Waals surface area contributed by atoms with Crippen molar-refractivity contribution in [3.63, 3.8) is 0 Å². The second kappa shape index (κ2) is 15.2. The SMILES string of the molecule is N#CNC(=NCCCCCCCCCCOc1cccc([N+](=O)[O-])c1)Nc1cccnc1. The normalized spacial score (nSPS) is 10.9. The fourth-order valence-corrected chi connectivity index (χ4v) is 3.08. The van der Waals surface area contributed by atoms with Crippen LogP contribution in [0.2, 0.25) is 0 Å². The second-order valence-corrected chi connectivity index (χ2v) is 7.27. The molecular weight excluding hydrogens is 408 g/mol. The molecule has 1 aromatic carbocycles. The number of ether oxygens (including phenoxy) is 1. The largest absolute Gasteiger partial charge is 0.493 e. The van der Waals surface area contributed by atoms with Crippen molar-refractivity contribution >= 4 is 17.3 Å². The van der Waals surface area contributed by atoms with Gasteiger partial charge in [0, 0.05) is 18.8 Å². The van der Waals surface area contributed by atoms with E-state index in [1.54, 1.807) is 24.5 Å². The number of nitrogens with zero attached hydrogens (tertiary/aromatic N) is 4. The molecule has 0 aliphatic heterocycles. The first-order valence-electron chi connectivity index (χ1n) is 10.9. The van der Waals surface area contributed by atoms with Gasteiger partial charge in [-0.2, -0.15) is 5.26 Å². The van der Waals surface area contributed by atoms with Crippen LogP contribution in [0.3, 0.4) is 0 Å². The van der Waals surface area contributed by atoms with Gasteiger partial charge in [0.2, 0.25) is 5.96 Å². The number of aliphatic imine (C=N–C) groups is 1. The highest BCUT2D eigenvalue weighted by molar-refractivity contribution is 5.94. The summed E-state index contributed by atoms with van der Waals surface area (Å²) in [4.78, 5) is 18.8. The summed E-state index contributed by atoms with van der Waals surface area (Å²) in [6, 6.07) is 9.97. The number of nitro groups is 1. The van der Waals surface area contributed by atoms with E-state index in [4.69, 9.17) is 10.00 Å². The Morgan fingerprint density at radius 2 is 1.84 bits per heavy atom. The van der Waals surface area contributed by atoms with E-state index in [2.05, 4.69) is 20.6 Å². The van der Waals surface area contributed by atoms with Crippen molar-refractivity contribution in [1.29, 1.82) is 5.26 Å². The minimum absolute atomic E-state index is 0.0514. The van der Waals surface area contributed by atoms with Crippen LogP contribution in [0, 0.1) is 21.6 Å². The zero-order valence-corrected chi connectivity index (χ0v) is 18.2. The summed E-state index contributed by atoms with van der Waals surface area (Å²) in [7, 11) is 0. The van der Waals surface area contributed by atoms with Crippen molar-refractivity contribution in [2.75, 3.05) is 18.5 Å². The predicted molar refractivity (Wildman–Crippen MR) is 124 cm³/mol. The van der Waals surface area contributed by atoms with Gasteiger partial charge in [0.05, 0.1) is 29.5 Å². The Morgan fingerprint density at radius 3 is 2.53 bits per heavy atom. The first-order chi connectivity index (χ1) is 15.7. The minimum atomic E-state index is -0.416. The molecule has 9 nitrogen and oxygen atoms in total. The highest BCUT2D eigenvalue weighted by Gasteiger charge is 2.06. The Bertz CT molecular complexity index is 883. The summed E-state index contributed by atoms with van der Waals surface area (Å²) in [5.74, 6) is 0.985. The molecule has 0 fully saturated rings. The Labute approximate surface area is 188 Å². The third-order valence-corrected chi connectivity index (χ3v) is 4.72. The third kappa shape index (κ3) is 10.4. The van der Waals surface area contributed by atoms with Crippen molar-refractivity contribution in [2.45, 2.75) is 51.4 Å². The Morgan fingerprint density at radius 1 is 1.09 bits per heavy atom. The van der Waals surface area contributed by atoms with Gasteiger partial charge in [0.15, 0.2) is 6.19 Å². The molecule has 0 spiro atoms. The molecule has 0 saturated carbocycles. The van der Waals surface area contributed by atoms with Crippen LogP contribution in [0.1, 0.15) is 51.4 Å². The van der Waals surface area contributed by atoms with Gasteiger partial charge in [-0.1, -0.05) is 44.6 Å². The number of nitriles is 1. The molecule has 0 radical (unpaired) electrons. The quantitative estimate of drug-likeness (QED) is 0.0806. The Kier molecular flexibility index (Phi) is 11.7. The highest BCUT2D eigenvalue weighted by atomic mass is 16.6. The molecule has 0 atom stereocenters. The number of non-ortho nitro benzene ring substituents is 1. The molecular formula is C23H30N6O3. The fourth-order valence-electron chi connectivity index (χ4n) is 3.08. The average Bonchev–Trinajstić information content (AvgIpc) is 2.80. The zero-order chi connectivity index (χ0) is 22.9. The summed E-state index contributed by atoms with van der Waals surface area (Å²) < 4.78 is 5.59. The van der Waals surface area contributed by atoms with E-state index in [0.29, 0.717) is 24.9 Å². The standard InChI is InChI=1S/C23H30N6O3/c24-19-27-23(28-20-11-10-14-25-18-20)26-15-7-5-3-1-2-4-6-8-16-32-22-13-9-12-21(17-22)29(30)31/h9-14,17-18H,1-8,15-16H2,(H2,26,27,28). The predicted octanol–water partition coefficient (Wildman–Crippen LogP) is 5.03. The molecule has 1 heterocycles. The van der Waals surface area contributed by atoms with Crippen LogP contribution < -0.4 is 15.4 Å². The second-order valence-electron chi connectivity index (χ2n) is 7.27. The fraction of sp³-hybridized carbons (Fsp3) is 0.435. The zero-order valence-electron chi connectivity index (χ0n) is 18.2. The summed E-state index contributed by atoms with van der Waals surface area (Å²) in [6.45, 7) is 1.23. The molecule has 2 aromatic rings. The van der Waals surface area contributed by atoms with Crippen molar-refractivity contribution in [3.05, 3.63) is 58.9 Å². The van der Waals surface area contributed by atoms with E-state index >= 15 is 0 Å². The maximum Gasteiger partial charge on any atom is 0.273 e. The van der Waals surface area contributed by atoms with Gasteiger partial charge >= 0.3 is 0 Å². The summed E-state index contributed by atoms with van der Waals surface area (Å²) in [5, 5.41) is 25.2. The molecule has 0 saturated heterocycles. The molecule has 170 valence electrons. The van der Waals surface area contributed by atoms with Crippen LogP contribution in [0.5, 0.6) is 5.75 Å². The van der Waals surface area contributed by atoms with Crippen LogP contribution in [0.15, 0.2) is 53.8 Å². The number of pyridine rings is 1. The molecule has 0 unspecified atom stereocenters. The maximum absolute atomic E-state index is 10.8. The van der Waals surface area contributed by atoms with Crippen LogP contribution in [0.25, 0.3) is 0 Å². The topological polar surface area (TPSA) is 125 Å². The molecule has 0 amide bonds. The van der Waals surface area contributed by atoms with E-state index in [9.17, 15) is 10.1 Å². The van der Waals surface area contributed by atoms with Crippen LogP contribution in [-0.4, -0.2) is 29.0 Å². The lowest BCUT2D eigenvalue weighted by Gasteiger charge is -2.07. The molecule has 0 aliphatic carbocycles. The molecule has 1 aromatic heterocycles. The van der Waals surface area contributed by atoms with E-state index in [-0.39, 0.29) is 5.69 Å². The van der Waals surface area contributed by atoms with E-state index < -0.39 is 4.92 Å². The van der Waals surface area contributed by atoms with E-state index in [0.717, 1.165) is 44.2 Å². The van der Waals surface area contributed by atoms with E-state index in [1.165, 1.54) is 25.0 Å². The van der Waals surface area contributed by atoms with Gasteiger partial charge in [-0.15, -0.1) is 0 Å². The number of benzene rings is 1. The maximum atomic E-state index is 10.8. The van der Waals surface area contributed by atoms with Crippen LogP contribution >= 0.6 is 0 Å². The van der Waals surface area contributed by atoms with Crippen molar-refractivity contribution in [3.8, 4) is 11.9 Å². The number of nitrogens with one attached hydrogen (secondary N) is 2. The molecule has 0 bridgehead atoms. The number of hydrogen-bond donors (Lipinski definition) is 2. The number of aromatic nitrogens is 1. The Hall–Kier alpha value is -3.67. The van der Waals surface area contributed by atoms with Crippen molar-refractivity contribution in [1.82, 2.24) is 10.3 Å². The van der Waals surface area contributed by atoms with Crippen LogP contribution in [-0.2, 0) is 0 Å². The van der Waals surface area contributed by atoms with Crippen molar-refractivity contribution in [2.24, 2.45) is 4.99 Å². The van der Waals surface area contributed by atoms with Crippen LogP contribution in [0.4, 0.5) is 11.4 Å². The summed E-state index contributed by atoms with van der Waals surface area (Å²) in [6.07, 6.45) is 14.1. The first-order valence-corrected chi connectivity index (χ1v) is 10.9. The van der Waals surface area contributed by atoms with E-state index in [1.807, 2.05) is 18.3 Å². The molecule has 2 N–H and O–H groups in total. The van der Waals surface area contributed by atoms with Gasteiger partial charge in [0.1, 0.15) is 5.75 Å². The molecule has 2 rings (SSSR count). The van der Waals surface area contributed by atoms with Gasteiger partial charge in [0.25, 0.3) is 5.69 Å². The molecule has 32 heavy (non-hydrogen) atoms. The number of anilines is 1. The first kappa shape index (κ1) is 24.6. The van der Waals surface area contributed by atoms with Gasteiger partial charge in [-0.05, 0) is 31.0 Å². The third-order valence-electron chi connectivity index (χ3n) is 4.72. The number of rotatable bonds is 14.